The van der Waals surface area contributed by atoms with Crippen LogP contribution in [0.2, 0.25) is 0 Å². The number of hydrogen-bond donors (Lipinski definition) is 1. The maximum atomic E-state index is 7.00. The molecule has 21 heavy (non-hydrogen) atoms. The Balaban J connectivity index is 1.86. The average Bonchev–Trinajstić information content (AvgIpc) is 2.96. The third kappa shape index (κ3) is 2.89. The molecular formula is C19H29NO. The van der Waals surface area contributed by atoms with Crippen LogP contribution in [0.5, 0.6) is 0 Å². The van der Waals surface area contributed by atoms with Crippen molar-refractivity contribution in [2.45, 2.75) is 69.4 Å². The van der Waals surface area contributed by atoms with Gasteiger partial charge in [-0.25, -0.2) is 0 Å². The Hall–Kier alpha value is -0.860. The first-order chi connectivity index (χ1) is 10.2. The molecule has 2 unspecified atom stereocenters. The number of rotatable bonds is 4. The normalized spacial score (nSPS) is 27.6. The van der Waals surface area contributed by atoms with Gasteiger partial charge in [-0.1, -0.05) is 56.5 Å². The van der Waals surface area contributed by atoms with Gasteiger partial charge in [-0.2, -0.15) is 0 Å². The molecule has 1 aromatic rings. The van der Waals surface area contributed by atoms with E-state index in [9.17, 15) is 0 Å². The maximum Gasteiger partial charge on any atom is 0.0686 e. The largest absolute Gasteiger partial charge is 0.375 e. The molecule has 2 heteroatoms. The summed E-state index contributed by atoms with van der Waals surface area (Å²) in [6.07, 6.45) is 9.58. The molecule has 0 radical (unpaired) electrons. The van der Waals surface area contributed by atoms with Gasteiger partial charge in [0.2, 0.25) is 0 Å². The summed E-state index contributed by atoms with van der Waals surface area (Å²) in [7, 11) is 0. The van der Waals surface area contributed by atoms with E-state index >= 15 is 0 Å². The van der Waals surface area contributed by atoms with E-state index in [0.717, 1.165) is 32.3 Å². The topological polar surface area (TPSA) is 35.2 Å². The van der Waals surface area contributed by atoms with E-state index in [0.29, 0.717) is 5.92 Å². The zero-order valence-electron chi connectivity index (χ0n) is 13.3. The van der Waals surface area contributed by atoms with Gasteiger partial charge in [0.1, 0.15) is 0 Å². The summed E-state index contributed by atoms with van der Waals surface area (Å²) in [4.78, 5) is 0. The molecule has 1 heterocycles. The fourth-order valence-electron chi connectivity index (χ4n) is 4.58. The van der Waals surface area contributed by atoms with Gasteiger partial charge in [0.25, 0.3) is 0 Å². The van der Waals surface area contributed by atoms with Crippen LogP contribution in [0.1, 0.15) is 63.9 Å². The second-order valence-corrected chi connectivity index (χ2v) is 7.08. The Bertz CT molecular complexity index is 452. The molecule has 116 valence electrons. The minimum absolute atomic E-state index is 0.149. The second-order valence-electron chi connectivity index (χ2n) is 7.08. The van der Waals surface area contributed by atoms with Gasteiger partial charge >= 0.3 is 0 Å². The van der Waals surface area contributed by atoms with Gasteiger partial charge in [-0.15, -0.1) is 0 Å². The smallest absolute Gasteiger partial charge is 0.0686 e. The number of ether oxygens (including phenoxy) is 1. The third-order valence-corrected chi connectivity index (χ3v) is 5.71. The van der Waals surface area contributed by atoms with Crippen LogP contribution in [-0.4, -0.2) is 12.2 Å². The van der Waals surface area contributed by atoms with Crippen molar-refractivity contribution in [3.8, 4) is 0 Å². The highest BCUT2D eigenvalue weighted by Gasteiger charge is 2.46. The molecule has 2 fully saturated rings. The first kappa shape index (κ1) is 15.1. The molecule has 0 amide bonds. The van der Waals surface area contributed by atoms with Crippen molar-refractivity contribution in [2.24, 2.45) is 11.7 Å². The molecule has 1 saturated carbocycles. The van der Waals surface area contributed by atoms with Gasteiger partial charge in [0, 0.05) is 12.1 Å². The first-order valence-electron chi connectivity index (χ1n) is 8.67. The molecule has 2 N–H and O–H groups in total. The molecular weight excluding hydrogens is 258 g/mol. The van der Waals surface area contributed by atoms with E-state index in [1.807, 2.05) is 0 Å². The average molecular weight is 287 g/mol. The van der Waals surface area contributed by atoms with Crippen LogP contribution in [-0.2, 0) is 10.3 Å². The zero-order valence-corrected chi connectivity index (χ0v) is 13.3. The molecule has 3 rings (SSSR count). The van der Waals surface area contributed by atoms with Crippen LogP contribution in [0.25, 0.3) is 0 Å². The lowest BCUT2D eigenvalue weighted by molar-refractivity contribution is -0.106. The second kappa shape index (κ2) is 6.10. The summed E-state index contributed by atoms with van der Waals surface area (Å²) < 4.78 is 6.21. The molecule has 0 bridgehead atoms. The molecule has 1 spiro atoms. The fourth-order valence-corrected chi connectivity index (χ4v) is 4.58. The van der Waals surface area contributed by atoms with Crippen molar-refractivity contribution in [1.82, 2.24) is 0 Å². The third-order valence-electron chi connectivity index (χ3n) is 5.71. The summed E-state index contributed by atoms with van der Waals surface area (Å²) in [6, 6.07) is 10.8. The van der Waals surface area contributed by atoms with Crippen LogP contribution >= 0.6 is 0 Å². The van der Waals surface area contributed by atoms with Crippen LogP contribution < -0.4 is 5.73 Å². The van der Waals surface area contributed by atoms with Crippen molar-refractivity contribution in [3.05, 3.63) is 35.9 Å². The van der Waals surface area contributed by atoms with Crippen molar-refractivity contribution >= 4 is 0 Å². The number of nitrogens with two attached hydrogens (primary N) is 1. The molecule has 1 aliphatic carbocycles. The SMILES string of the molecule is CCCC(N)(c1ccccc1)C1CCOC2(CCCC2)C1. The van der Waals surface area contributed by atoms with Gasteiger partial charge in [-0.3, -0.25) is 0 Å². The Morgan fingerprint density at radius 2 is 1.95 bits per heavy atom. The summed E-state index contributed by atoms with van der Waals surface area (Å²) in [5.41, 5.74) is 8.28. The molecule has 2 nitrogen and oxygen atoms in total. The van der Waals surface area contributed by atoms with Crippen molar-refractivity contribution in [3.63, 3.8) is 0 Å². The number of benzene rings is 1. The van der Waals surface area contributed by atoms with Crippen LogP contribution in [0.3, 0.4) is 0 Å². The Morgan fingerprint density at radius 3 is 2.62 bits per heavy atom. The highest BCUT2D eigenvalue weighted by molar-refractivity contribution is 5.25. The van der Waals surface area contributed by atoms with E-state index in [1.54, 1.807) is 0 Å². The van der Waals surface area contributed by atoms with E-state index in [2.05, 4.69) is 37.3 Å². The lowest BCUT2D eigenvalue weighted by Crippen LogP contribution is -2.50. The highest BCUT2D eigenvalue weighted by Crippen LogP contribution is 2.47. The van der Waals surface area contributed by atoms with Crippen LogP contribution in [0, 0.1) is 5.92 Å². The minimum Gasteiger partial charge on any atom is -0.375 e. The standard InChI is InChI=1S/C19H29NO/c1-2-11-19(20,16-8-4-3-5-9-16)17-10-14-21-18(15-17)12-6-7-13-18/h3-5,8-9,17H,2,6-7,10-15,20H2,1H3. The molecule has 1 aromatic carbocycles. The monoisotopic (exact) mass is 287 g/mol. The van der Waals surface area contributed by atoms with E-state index in [1.165, 1.54) is 31.2 Å². The highest BCUT2D eigenvalue weighted by atomic mass is 16.5. The molecule has 2 atom stereocenters. The van der Waals surface area contributed by atoms with Gasteiger partial charge < -0.3 is 10.5 Å². The quantitative estimate of drug-likeness (QED) is 0.892. The minimum atomic E-state index is -0.185. The molecule has 1 saturated heterocycles. The number of hydrogen-bond acceptors (Lipinski definition) is 2. The molecule has 2 aliphatic rings. The van der Waals surface area contributed by atoms with E-state index in [4.69, 9.17) is 10.5 Å². The lowest BCUT2D eigenvalue weighted by atomic mass is 9.68. The van der Waals surface area contributed by atoms with Gasteiger partial charge in [0.05, 0.1) is 5.60 Å². The van der Waals surface area contributed by atoms with Gasteiger partial charge in [-0.05, 0) is 43.6 Å². The zero-order chi connectivity index (χ0) is 14.8. The Kier molecular flexibility index (Phi) is 4.37. The summed E-state index contributed by atoms with van der Waals surface area (Å²) in [5.74, 6) is 0.548. The van der Waals surface area contributed by atoms with Crippen LogP contribution in [0.4, 0.5) is 0 Å². The Morgan fingerprint density at radius 1 is 1.24 bits per heavy atom. The summed E-state index contributed by atoms with van der Waals surface area (Å²) in [6.45, 7) is 3.13. The lowest BCUT2D eigenvalue weighted by Gasteiger charge is -2.46. The predicted molar refractivity (Wildman–Crippen MR) is 87.1 cm³/mol. The maximum absolute atomic E-state index is 7.00. The predicted octanol–water partition coefficient (Wildman–Crippen LogP) is 4.38. The van der Waals surface area contributed by atoms with Crippen molar-refractivity contribution < 1.29 is 4.74 Å². The summed E-state index contributed by atoms with van der Waals surface area (Å²) >= 11 is 0. The van der Waals surface area contributed by atoms with E-state index < -0.39 is 0 Å². The van der Waals surface area contributed by atoms with Gasteiger partial charge in [0.15, 0.2) is 0 Å². The first-order valence-corrected chi connectivity index (χ1v) is 8.67. The Labute approximate surface area is 129 Å². The van der Waals surface area contributed by atoms with Crippen molar-refractivity contribution in [1.29, 1.82) is 0 Å². The molecule has 1 aliphatic heterocycles. The van der Waals surface area contributed by atoms with Crippen LogP contribution in [0.15, 0.2) is 30.3 Å². The van der Waals surface area contributed by atoms with E-state index in [-0.39, 0.29) is 11.1 Å². The van der Waals surface area contributed by atoms with Crippen molar-refractivity contribution in [2.75, 3.05) is 6.61 Å². The summed E-state index contributed by atoms with van der Waals surface area (Å²) in [5, 5.41) is 0. The molecule has 0 aromatic heterocycles. The fraction of sp³-hybridized carbons (Fsp3) is 0.684.